The fourth-order valence-electron chi connectivity index (χ4n) is 4.57. The van der Waals surface area contributed by atoms with Crippen LogP contribution in [0.2, 0.25) is 0 Å². The summed E-state index contributed by atoms with van der Waals surface area (Å²) < 4.78 is 37.1. The van der Waals surface area contributed by atoms with E-state index in [0.29, 0.717) is 37.8 Å². The molecule has 2 aliphatic rings. The number of hydrogen-bond acceptors (Lipinski definition) is 2. The molecule has 3 rings (SSSR count). The summed E-state index contributed by atoms with van der Waals surface area (Å²) in [6.07, 6.45) is 0.209. The molecule has 1 amide bonds. The molecule has 0 bridgehead atoms. The van der Waals surface area contributed by atoms with Gasteiger partial charge in [0, 0.05) is 18.7 Å². The molecule has 1 N–H and O–H groups in total. The Hall–Kier alpha value is -1.56. The van der Waals surface area contributed by atoms with Crippen LogP contribution in [-0.2, 0) is 11.2 Å². The molecule has 1 heterocycles. The third kappa shape index (κ3) is 4.48. The molecule has 0 atom stereocenters. The first-order chi connectivity index (χ1) is 12.7. The average molecular weight is 383 g/mol. The number of alkyl halides is 3. The molecule has 1 saturated carbocycles. The molecule has 1 saturated heterocycles. The Labute approximate surface area is 158 Å². The third-order valence-electron chi connectivity index (χ3n) is 6.31. The van der Waals surface area contributed by atoms with Crippen molar-refractivity contribution in [2.24, 2.45) is 5.41 Å². The van der Waals surface area contributed by atoms with Crippen molar-refractivity contribution in [1.82, 2.24) is 0 Å². The Balaban J connectivity index is 1.64. The van der Waals surface area contributed by atoms with Gasteiger partial charge in [-0.05, 0) is 62.6 Å². The van der Waals surface area contributed by atoms with Crippen LogP contribution in [0, 0.1) is 5.41 Å². The fourth-order valence-corrected chi connectivity index (χ4v) is 4.57. The van der Waals surface area contributed by atoms with Gasteiger partial charge in [0.2, 0.25) is 5.91 Å². The topological polar surface area (TPSA) is 40.5 Å². The molecule has 1 aliphatic carbocycles. The normalized spacial score (nSPS) is 28.9. The lowest BCUT2D eigenvalue weighted by Crippen LogP contribution is -2.43. The van der Waals surface area contributed by atoms with Crippen molar-refractivity contribution in [3.8, 4) is 0 Å². The summed E-state index contributed by atoms with van der Waals surface area (Å²) in [6, 6.07) is 6.86. The second-order valence-electron chi connectivity index (χ2n) is 8.24. The minimum atomic E-state index is -4.16. The highest BCUT2D eigenvalue weighted by Gasteiger charge is 2.51. The first-order valence-electron chi connectivity index (χ1n) is 9.87. The van der Waals surface area contributed by atoms with Gasteiger partial charge in [0.25, 0.3) is 0 Å². The molecule has 0 radical (unpaired) electrons. The van der Waals surface area contributed by atoms with E-state index in [9.17, 15) is 23.1 Å². The molecule has 27 heavy (non-hydrogen) atoms. The summed E-state index contributed by atoms with van der Waals surface area (Å²) in [4.78, 5) is 14.9. The van der Waals surface area contributed by atoms with Crippen molar-refractivity contribution >= 4 is 11.6 Å². The highest BCUT2D eigenvalue weighted by Crippen LogP contribution is 2.49. The van der Waals surface area contributed by atoms with E-state index < -0.39 is 18.2 Å². The number of benzene rings is 1. The molecular formula is C21H28F3NO2. The largest absolute Gasteiger partial charge is 0.390 e. The van der Waals surface area contributed by atoms with Gasteiger partial charge in [-0.1, -0.05) is 25.5 Å². The van der Waals surface area contributed by atoms with Gasteiger partial charge in [0.05, 0.1) is 11.0 Å². The zero-order valence-corrected chi connectivity index (χ0v) is 15.8. The number of hydrogen-bond donors (Lipinski definition) is 1. The molecule has 1 aliphatic heterocycles. The van der Waals surface area contributed by atoms with Crippen molar-refractivity contribution in [3.63, 3.8) is 0 Å². The highest BCUT2D eigenvalue weighted by atomic mass is 19.4. The summed E-state index contributed by atoms with van der Waals surface area (Å²) in [6.45, 7) is 2.69. The van der Waals surface area contributed by atoms with E-state index in [2.05, 4.69) is 6.92 Å². The van der Waals surface area contributed by atoms with E-state index in [4.69, 9.17) is 0 Å². The van der Waals surface area contributed by atoms with Gasteiger partial charge in [0.1, 0.15) is 0 Å². The minimum Gasteiger partial charge on any atom is -0.390 e. The number of amides is 1. The number of aryl methyl sites for hydroxylation is 1. The predicted octanol–water partition coefficient (Wildman–Crippen LogP) is 5.01. The molecular weight excluding hydrogens is 355 g/mol. The summed E-state index contributed by atoms with van der Waals surface area (Å²) in [5, 5.41) is 10.6. The Morgan fingerprint density at radius 2 is 1.70 bits per heavy atom. The first-order valence-corrected chi connectivity index (χ1v) is 9.87. The van der Waals surface area contributed by atoms with Crippen LogP contribution in [-0.4, -0.2) is 29.3 Å². The van der Waals surface area contributed by atoms with Gasteiger partial charge in [-0.15, -0.1) is 0 Å². The maximum atomic E-state index is 13.1. The van der Waals surface area contributed by atoms with Gasteiger partial charge in [-0.2, -0.15) is 13.2 Å². The Morgan fingerprint density at radius 1 is 1.07 bits per heavy atom. The lowest BCUT2D eigenvalue weighted by Gasteiger charge is -2.41. The highest BCUT2D eigenvalue weighted by molar-refractivity contribution is 6.00. The molecule has 2 fully saturated rings. The van der Waals surface area contributed by atoms with Gasteiger partial charge < -0.3 is 10.0 Å². The summed E-state index contributed by atoms with van der Waals surface area (Å²) in [5.41, 5.74) is 0.365. The van der Waals surface area contributed by atoms with Crippen molar-refractivity contribution < 1.29 is 23.1 Å². The number of carbonyl (C=O) groups excluding carboxylic acids is 1. The van der Waals surface area contributed by atoms with Crippen LogP contribution < -0.4 is 4.90 Å². The van der Waals surface area contributed by atoms with Gasteiger partial charge in [-0.25, -0.2) is 0 Å². The molecule has 1 aromatic carbocycles. The van der Waals surface area contributed by atoms with E-state index in [0.717, 1.165) is 24.9 Å². The monoisotopic (exact) mass is 383 g/mol. The second kappa shape index (κ2) is 7.46. The van der Waals surface area contributed by atoms with E-state index in [1.165, 1.54) is 0 Å². The van der Waals surface area contributed by atoms with Gasteiger partial charge in [0.15, 0.2) is 0 Å². The number of nitrogens with zero attached hydrogens (tertiary/aromatic N) is 1. The van der Waals surface area contributed by atoms with E-state index in [1.807, 2.05) is 0 Å². The average Bonchev–Trinajstić information content (AvgIpc) is 2.93. The molecule has 0 unspecified atom stereocenters. The summed E-state index contributed by atoms with van der Waals surface area (Å²) >= 11 is 0. The van der Waals surface area contributed by atoms with Crippen molar-refractivity contribution in [1.29, 1.82) is 0 Å². The fraction of sp³-hybridized carbons (Fsp3) is 0.667. The predicted molar refractivity (Wildman–Crippen MR) is 98.5 cm³/mol. The number of anilines is 1. The summed E-state index contributed by atoms with van der Waals surface area (Å²) in [5.74, 6) is 0.101. The Morgan fingerprint density at radius 3 is 2.26 bits per heavy atom. The quantitative estimate of drug-likeness (QED) is 0.776. The summed E-state index contributed by atoms with van der Waals surface area (Å²) in [7, 11) is 0. The molecule has 1 aromatic rings. The van der Waals surface area contributed by atoms with E-state index in [-0.39, 0.29) is 17.7 Å². The van der Waals surface area contributed by atoms with Crippen molar-refractivity contribution in [2.45, 2.75) is 76.5 Å². The van der Waals surface area contributed by atoms with Crippen LogP contribution in [0.4, 0.5) is 18.9 Å². The third-order valence-corrected chi connectivity index (χ3v) is 6.31. The molecule has 1 spiro atoms. The van der Waals surface area contributed by atoms with Crippen LogP contribution >= 0.6 is 0 Å². The zero-order valence-electron chi connectivity index (χ0n) is 15.8. The number of rotatable bonds is 5. The SMILES string of the molecule is CCC[C@]1(O)CC[C@]2(CCN(c3ccc(CCC(F)(F)F)cc3)C2=O)CC1. The number of aliphatic hydroxyl groups is 1. The van der Waals surface area contributed by atoms with Crippen LogP contribution in [0.3, 0.4) is 0 Å². The smallest absolute Gasteiger partial charge is 0.389 e. The molecule has 6 heteroatoms. The lowest BCUT2D eigenvalue weighted by molar-refractivity contribution is -0.134. The van der Waals surface area contributed by atoms with Crippen molar-refractivity contribution in [2.75, 3.05) is 11.4 Å². The van der Waals surface area contributed by atoms with Crippen LogP contribution in [0.25, 0.3) is 0 Å². The van der Waals surface area contributed by atoms with Gasteiger partial charge >= 0.3 is 6.18 Å². The Kier molecular flexibility index (Phi) is 5.57. The van der Waals surface area contributed by atoms with Gasteiger partial charge in [-0.3, -0.25) is 4.79 Å². The Bertz CT molecular complexity index is 661. The molecule has 0 aromatic heterocycles. The maximum absolute atomic E-state index is 13.1. The number of halogens is 3. The standard InChI is InChI=1S/C21H28F3NO2/c1-2-8-20(27)12-10-19(11-13-20)14-15-25(18(19)26)17-5-3-16(4-6-17)7-9-21(22,23)24/h3-6,27H,2,7-15H2,1H3/t19-,20+. The van der Waals surface area contributed by atoms with E-state index in [1.54, 1.807) is 29.2 Å². The number of carbonyl (C=O) groups is 1. The minimum absolute atomic E-state index is 0.0440. The zero-order chi connectivity index (χ0) is 19.7. The van der Waals surface area contributed by atoms with E-state index >= 15 is 0 Å². The molecule has 150 valence electrons. The second-order valence-corrected chi connectivity index (χ2v) is 8.24. The van der Waals surface area contributed by atoms with Crippen molar-refractivity contribution in [3.05, 3.63) is 29.8 Å². The maximum Gasteiger partial charge on any atom is 0.389 e. The lowest BCUT2D eigenvalue weighted by atomic mass is 9.67. The van der Waals surface area contributed by atoms with Crippen LogP contribution in [0.15, 0.2) is 24.3 Å². The van der Waals surface area contributed by atoms with Crippen LogP contribution in [0.1, 0.15) is 63.9 Å². The van der Waals surface area contributed by atoms with Crippen LogP contribution in [0.5, 0.6) is 0 Å². The molecule has 3 nitrogen and oxygen atoms in total. The first kappa shape index (κ1) is 20.2.